The van der Waals surface area contributed by atoms with Crippen LogP contribution in [0.25, 0.3) is 0 Å². The minimum atomic E-state index is 0.763. The number of rotatable bonds is 5. The normalized spacial score (nSPS) is 38.2. The summed E-state index contributed by atoms with van der Waals surface area (Å²) in [5, 5.41) is 0. The van der Waals surface area contributed by atoms with Crippen molar-refractivity contribution in [3.8, 4) is 0 Å². The quantitative estimate of drug-likeness (QED) is 0.230. The Morgan fingerprint density at radius 1 is 1.00 bits per heavy atom. The van der Waals surface area contributed by atoms with E-state index in [2.05, 4.69) is 142 Å². The molecule has 0 N–H and O–H groups in total. The molecule has 96 valence electrons. The molecule has 1 saturated carbocycles. The summed E-state index contributed by atoms with van der Waals surface area (Å²) in [5.41, 5.74) is 0. The average molecular weight is 896 g/mol. The van der Waals surface area contributed by atoms with E-state index in [0.717, 1.165) is 33.5 Å². The highest BCUT2D eigenvalue weighted by Crippen LogP contribution is 2.55. The van der Waals surface area contributed by atoms with Crippen molar-refractivity contribution in [2.75, 3.05) is 8.86 Å². The van der Waals surface area contributed by atoms with Crippen molar-refractivity contribution < 1.29 is 0 Å². The minimum absolute atomic E-state index is 0.763. The van der Waals surface area contributed by atoms with Gasteiger partial charge in [-0.25, -0.2) is 0 Å². The first kappa shape index (κ1) is 18.4. The second kappa shape index (κ2) is 8.73. The Morgan fingerprint density at radius 3 is 1.94 bits per heavy atom. The highest BCUT2D eigenvalue weighted by atomic mass is 127. The van der Waals surface area contributed by atoms with Gasteiger partial charge in [0.05, 0.1) is 1.93 Å². The second-order valence-electron chi connectivity index (χ2n) is 4.28. The lowest BCUT2D eigenvalue weighted by atomic mass is 9.56. The zero-order valence-corrected chi connectivity index (χ0v) is 21.7. The Bertz CT molecular complexity index is 219. The van der Waals surface area contributed by atoms with Crippen molar-refractivity contribution in [1.29, 1.82) is 0 Å². The van der Waals surface area contributed by atoms with E-state index >= 15 is 0 Å². The third-order valence-corrected chi connectivity index (χ3v) is 14.3. The zero-order valence-electron chi connectivity index (χ0n) is 8.72. The molecule has 0 aromatic heterocycles. The van der Waals surface area contributed by atoms with Crippen LogP contribution in [0.5, 0.6) is 0 Å². The molecule has 0 bridgehead atoms. The summed E-state index contributed by atoms with van der Waals surface area (Å²) < 4.78 is 5.10. The van der Waals surface area contributed by atoms with Gasteiger partial charge in [-0.15, -0.1) is 0 Å². The van der Waals surface area contributed by atoms with Gasteiger partial charge in [-0.2, -0.15) is 0 Å². The van der Waals surface area contributed by atoms with Crippen LogP contribution >= 0.6 is 136 Å². The van der Waals surface area contributed by atoms with Gasteiger partial charge in [-0.05, 0) is 23.7 Å². The molecular formula is C10H14I6. The van der Waals surface area contributed by atoms with E-state index in [1.807, 2.05) is 0 Å². The smallest absolute Gasteiger partial charge is 0.0746 e. The number of hydrogen-bond acceptors (Lipinski definition) is 0. The first-order valence-corrected chi connectivity index (χ1v) is 13.2. The van der Waals surface area contributed by atoms with Crippen LogP contribution in [0.3, 0.4) is 0 Å². The largest absolute Gasteiger partial charge is 0.0861 e. The maximum Gasteiger partial charge on any atom is 0.0746 e. The molecule has 0 aromatic rings. The molecule has 0 radical (unpaired) electrons. The van der Waals surface area contributed by atoms with Gasteiger partial charge in [-0.3, -0.25) is 0 Å². The summed E-state index contributed by atoms with van der Waals surface area (Å²) in [4.78, 5) is 0. The van der Waals surface area contributed by atoms with E-state index in [4.69, 9.17) is 0 Å². The first-order valence-electron chi connectivity index (χ1n) is 5.13. The Kier molecular flexibility index (Phi) is 10.1. The highest BCUT2D eigenvalue weighted by Gasteiger charge is 2.52. The molecule has 0 aromatic carbocycles. The highest BCUT2D eigenvalue weighted by molar-refractivity contribution is 14.2. The van der Waals surface area contributed by atoms with E-state index in [-0.39, 0.29) is 0 Å². The molecule has 0 saturated heterocycles. The molecule has 0 spiro atoms. The lowest BCUT2D eigenvalue weighted by Crippen LogP contribution is -2.55. The van der Waals surface area contributed by atoms with Crippen molar-refractivity contribution in [2.45, 2.75) is 16.7 Å². The van der Waals surface area contributed by atoms with Gasteiger partial charge in [0.2, 0.25) is 0 Å². The van der Waals surface area contributed by atoms with Gasteiger partial charge in [0.1, 0.15) is 0 Å². The second-order valence-corrected chi connectivity index (χ2v) is 14.1. The fourth-order valence-electron chi connectivity index (χ4n) is 2.66. The lowest BCUT2D eigenvalue weighted by molar-refractivity contribution is 0.0185. The SMILES string of the molecule is CC1C(C(I)CI)C(C(I)C(I)I)[C@H]1CI. The molecule has 1 aliphatic rings. The number of halogens is 6. The molecule has 1 rings (SSSR count). The molecule has 0 aliphatic heterocycles. The molecule has 1 fully saturated rings. The fourth-order valence-corrected chi connectivity index (χ4v) is 7.74. The Morgan fingerprint density at radius 2 is 1.56 bits per heavy atom. The maximum atomic E-state index is 2.70. The van der Waals surface area contributed by atoms with Gasteiger partial charge in [0.25, 0.3) is 0 Å². The molecule has 5 unspecified atom stereocenters. The topological polar surface area (TPSA) is 0 Å². The van der Waals surface area contributed by atoms with E-state index in [1.54, 1.807) is 0 Å². The summed E-state index contributed by atoms with van der Waals surface area (Å²) in [6, 6.07) is 0. The van der Waals surface area contributed by atoms with Crippen molar-refractivity contribution in [1.82, 2.24) is 0 Å². The summed E-state index contributed by atoms with van der Waals surface area (Å²) >= 11 is 15.7. The van der Waals surface area contributed by atoms with Crippen LogP contribution < -0.4 is 0 Å². The summed E-state index contributed by atoms with van der Waals surface area (Å²) in [6.07, 6.45) is 0. The Balaban J connectivity index is 2.76. The predicted octanol–water partition coefficient (Wildman–Crippen LogP) is 6.16. The summed E-state index contributed by atoms with van der Waals surface area (Å²) in [7, 11) is 0. The third kappa shape index (κ3) is 4.19. The van der Waals surface area contributed by atoms with Crippen LogP contribution in [-0.2, 0) is 0 Å². The van der Waals surface area contributed by atoms with E-state index < -0.39 is 0 Å². The Labute approximate surface area is 181 Å². The average Bonchev–Trinajstić information content (AvgIpc) is 2.24. The van der Waals surface area contributed by atoms with E-state index in [0.29, 0.717) is 0 Å². The van der Waals surface area contributed by atoms with Crippen molar-refractivity contribution in [2.24, 2.45) is 23.7 Å². The molecule has 6 heteroatoms. The molecular weight excluding hydrogens is 882 g/mol. The monoisotopic (exact) mass is 896 g/mol. The minimum Gasteiger partial charge on any atom is -0.0861 e. The van der Waals surface area contributed by atoms with Crippen LogP contribution in [0, 0.1) is 23.7 Å². The van der Waals surface area contributed by atoms with Crippen molar-refractivity contribution >= 4 is 136 Å². The first-order chi connectivity index (χ1) is 7.45. The fraction of sp³-hybridized carbons (Fsp3) is 1.00. The number of hydrogen-bond donors (Lipinski definition) is 0. The maximum absolute atomic E-state index is 2.70. The predicted molar refractivity (Wildman–Crippen MR) is 125 cm³/mol. The molecule has 0 amide bonds. The van der Waals surface area contributed by atoms with Crippen molar-refractivity contribution in [3.05, 3.63) is 0 Å². The van der Waals surface area contributed by atoms with Gasteiger partial charge in [0.15, 0.2) is 0 Å². The zero-order chi connectivity index (χ0) is 12.5. The lowest BCUT2D eigenvalue weighted by Gasteiger charge is -2.55. The van der Waals surface area contributed by atoms with Crippen molar-refractivity contribution in [3.63, 3.8) is 0 Å². The van der Waals surface area contributed by atoms with Crippen LogP contribution in [0.4, 0.5) is 0 Å². The van der Waals surface area contributed by atoms with Gasteiger partial charge >= 0.3 is 0 Å². The third-order valence-electron chi connectivity index (χ3n) is 3.57. The van der Waals surface area contributed by atoms with E-state index in [9.17, 15) is 0 Å². The van der Waals surface area contributed by atoms with E-state index in [1.165, 1.54) is 8.86 Å². The molecule has 16 heavy (non-hydrogen) atoms. The molecule has 0 heterocycles. The van der Waals surface area contributed by atoms with Crippen LogP contribution in [0.1, 0.15) is 6.92 Å². The van der Waals surface area contributed by atoms with Crippen LogP contribution in [-0.4, -0.2) is 18.6 Å². The Hall–Kier alpha value is 4.38. The summed E-state index contributed by atoms with van der Waals surface area (Å²) in [5.74, 6) is 3.79. The van der Waals surface area contributed by atoms with Gasteiger partial charge < -0.3 is 0 Å². The summed E-state index contributed by atoms with van der Waals surface area (Å²) in [6.45, 7) is 2.47. The molecule has 0 nitrogen and oxygen atoms in total. The standard InChI is InChI=1S/C10H14I6/c1-4-5(2-11)8(9(14)10(15)16)7(4)6(13)3-12/h4-10H,2-3H2,1H3/t4?,5-,6?,7?,8?,9?/m0/s1. The van der Waals surface area contributed by atoms with Crippen LogP contribution in [0.2, 0.25) is 0 Å². The number of alkyl halides is 6. The van der Waals surface area contributed by atoms with Gasteiger partial charge in [0, 0.05) is 16.7 Å². The molecule has 6 atom stereocenters. The van der Waals surface area contributed by atoms with Gasteiger partial charge in [-0.1, -0.05) is 142 Å². The van der Waals surface area contributed by atoms with Crippen LogP contribution in [0.15, 0.2) is 0 Å². The molecule has 1 aliphatic carbocycles.